The van der Waals surface area contributed by atoms with Crippen LogP contribution in [0.5, 0.6) is 5.75 Å². The van der Waals surface area contributed by atoms with Crippen LogP contribution >= 0.6 is 11.3 Å². The van der Waals surface area contributed by atoms with Gasteiger partial charge < -0.3 is 9.64 Å². The average molecular weight is 382 g/mol. The monoisotopic (exact) mass is 381 g/mol. The first-order valence-corrected chi connectivity index (χ1v) is 10.3. The van der Waals surface area contributed by atoms with Gasteiger partial charge in [0.15, 0.2) is 5.78 Å². The zero-order valence-electron chi connectivity index (χ0n) is 15.8. The van der Waals surface area contributed by atoms with Crippen molar-refractivity contribution in [1.82, 2.24) is 4.98 Å². The van der Waals surface area contributed by atoms with Crippen LogP contribution in [0.2, 0.25) is 0 Å². The van der Waals surface area contributed by atoms with E-state index in [-0.39, 0.29) is 5.78 Å². The zero-order valence-corrected chi connectivity index (χ0v) is 16.6. The lowest BCUT2D eigenvalue weighted by molar-refractivity contribution is -0.920. The molecule has 1 aliphatic rings. The molecule has 2 heterocycles. The summed E-state index contributed by atoms with van der Waals surface area (Å²) in [5.41, 5.74) is 2.98. The highest BCUT2D eigenvalue weighted by atomic mass is 32.1. The molecule has 5 heteroatoms. The van der Waals surface area contributed by atoms with Gasteiger partial charge in [-0.3, -0.25) is 4.79 Å². The van der Waals surface area contributed by atoms with Crippen LogP contribution in [0.15, 0.2) is 42.5 Å². The topological polar surface area (TPSA) is 43.6 Å². The number of aromatic nitrogens is 1. The van der Waals surface area contributed by atoms with Crippen LogP contribution in [0.3, 0.4) is 0 Å². The third kappa shape index (κ3) is 3.89. The van der Waals surface area contributed by atoms with E-state index in [1.165, 1.54) is 27.4 Å². The normalized spacial score (nSPS) is 19.9. The number of Topliss-reactive ketones (excluding diaryl/α,β-unsaturated/α-hetero) is 1. The molecular weight excluding hydrogens is 356 g/mol. The van der Waals surface area contributed by atoms with Crippen molar-refractivity contribution in [3.8, 4) is 5.75 Å². The summed E-state index contributed by atoms with van der Waals surface area (Å²) in [6, 6.07) is 14.1. The molecule has 140 valence electrons. The fraction of sp³-hybridized carbons (Fsp3) is 0.364. The molecule has 1 fully saturated rings. The van der Waals surface area contributed by atoms with E-state index in [1.807, 2.05) is 29.5 Å². The number of likely N-dealkylation sites (tertiary alicyclic amines) is 1. The molecule has 1 N–H and O–H groups in total. The molecule has 2 aromatic carbocycles. The number of carbonyl (C=O) groups excluding carboxylic acids is 1. The van der Waals surface area contributed by atoms with Crippen LogP contribution in [0.25, 0.3) is 10.2 Å². The Morgan fingerprint density at radius 3 is 2.93 bits per heavy atom. The second-order valence-corrected chi connectivity index (χ2v) is 8.38. The lowest BCUT2D eigenvalue weighted by Gasteiger charge is -2.29. The standard InChI is InChI=1S/C22H24N2O2S/c1-15(25)16-9-10-20(26-2)18(12-16)14-24-11-5-6-17(13-24)22-23-19-7-3-4-8-21(19)27-22/h3-4,7-10,12,17H,5-6,11,13-14H2,1-2H3/p+1/t17-/m0/s1. The van der Waals surface area contributed by atoms with Gasteiger partial charge in [0, 0.05) is 11.1 Å². The van der Waals surface area contributed by atoms with E-state index in [2.05, 4.69) is 24.3 Å². The number of ether oxygens (including phenoxy) is 1. The summed E-state index contributed by atoms with van der Waals surface area (Å²) in [4.78, 5) is 18.2. The van der Waals surface area contributed by atoms with Gasteiger partial charge in [-0.25, -0.2) is 4.98 Å². The summed E-state index contributed by atoms with van der Waals surface area (Å²) in [6.07, 6.45) is 2.40. The number of benzene rings is 2. The second kappa shape index (κ2) is 7.79. The first kappa shape index (κ1) is 18.1. The van der Waals surface area contributed by atoms with Crippen molar-refractivity contribution in [2.45, 2.75) is 32.2 Å². The van der Waals surface area contributed by atoms with Crippen LogP contribution < -0.4 is 9.64 Å². The molecule has 4 rings (SSSR count). The van der Waals surface area contributed by atoms with Crippen LogP contribution in [0, 0.1) is 0 Å². The third-order valence-corrected chi connectivity index (χ3v) is 6.60. The van der Waals surface area contributed by atoms with Crippen molar-refractivity contribution in [2.24, 2.45) is 0 Å². The molecule has 0 saturated carbocycles. The number of hydrogen-bond donors (Lipinski definition) is 1. The van der Waals surface area contributed by atoms with Gasteiger partial charge in [0.25, 0.3) is 0 Å². The SMILES string of the molecule is COc1ccc(C(C)=O)cc1C[NH+]1CCC[C@H](c2nc3ccccc3s2)C1. The first-order valence-electron chi connectivity index (χ1n) is 9.51. The number of thiazole rings is 1. The summed E-state index contributed by atoms with van der Waals surface area (Å²) >= 11 is 1.83. The number of ketones is 1. The molecule has 0 bridgehead atoms. The van der Waals surface area contributed by atoms with Crippen LogP contribution in [0.4, 0.5) is 0 Å². The van der Waals surface area contributed by atoms with Gasteiger partial charge in [-0.1, -0.05) is 12.1 Å². The molecule has 27 heavy (non-hydrogen) atoms. The smallest absolute Gasteiger partial charge is 0.159 e. The number of quaternary nitrogens is 1. The Labute approximate surface area is 163 Å². The first-order chi connectivity index (χ1) is 13.1. The number of fused-ring (bicyclic) bond motifs is 1. The minimum Gasteiger partial charge on any atom is -0.496 e. The van der Waals surface area contributed by atoms with Crippen molar-refractivity contribution >= 4 is 27.3 Å². The Kier molecular flexibility index (Phi) is 5.23. The van der Waals surface area contributed by atoms with Crippen LogP contribution in [-0.4, -0.2) is 31.0 Å². The average Bonchev–Trinajstić information content (AvgIpc) is 3.12. The number of carbonyl (C=O) groups is 1. The minimum absolute atomic E-state index is 0.0971. The van der Waals surface area contributed by atoms with E-state index in [0.29, 0.717) is 5.92 Å². The lowest BCUT2D eigenvalue weighted by atomic mass is 9.97. The number of nitrogens with one attached hydrogen (secondary N) is 1. The Morgan fingerprint density at radius 1 is 1.30 bits per heavy atom. The van der Waals surface area contributed by atoms with Gasteiger partial charge >= 0.3 is 0 Å². The molecule has 1 unspecified atom stereocenters. The number of piperidine rings is 1. The molecule has 0 spiro atoms. The molecular formula is C22H25N2O2S+. The van der Waals surface area contributed by atoms with Crippen molar-refractivity contribution in [2.75, 3.05) is 20.2 Å². The molecule has 4 nitrogen and oxygen atoms in total. The third-order valence-electron chi connectivity index (χ3n) is 5.41. The van der Waals surface area contributed by atoms with Gasteiger partial charge in [0.2, 0.25) is 0 Å². The quantitative estimate of drug-likeness (QED) is 0.688. The van der Waals surface area contributed by atoms with E-state index in [0.717, 1.165) is 42.0 Å². The molecule has 0 aliphatic carbocycles. The summed E-state index contributed by atoms with van der Waals surface area (Å²) in [6.45, 7) is 4.72. The van der Waals surface area contributed by atoms with Gasteiger partial charge in [0.1, 0.15) is 17.3 Å². The number of hydrogen-bond acceptors (Lipinski definition) is 4. The van der Waals surface area contributed by atoms with Crippen LogP contribution in [-0.2, 0) is 6.54 Å². The molecule has 1 aromatic heterocycles. The van der Waals surface area contributed by atoms with Crippen molar-refractivity contribution in [1.29, 1.82) is 0 Å². The Balaban J connectivity index is 1.53. The fourth-order valence-corrected chi connectivity index (χ4v) is 5.09. The number of rotatable bonds is 5. The Morgan fingerprint density at radius 2 is 2.15 bits per heavy atom. The summed E-state index contributed by atoms with van der Waals surface area (Å²) in [5, 5.41) is 1.26. The predicted octanol–water partition coefficient (Wildman–Crippen LogP) is 3.47. The highest BCUT2D eigenvalue weighted by Crippen LogP contribution is 2.30. The van der Waals surface area contributed by atoms with Gasteiger partial charge in [-0.05, 0) is 50.1 Å². The van der Waals surface area contributed by atoms with E-state index < -0.39 is 0 Å². The predicted molar refractivity (Wildman–Crippen MR) is 109 cm³/mol. The zero-order chi connectivity index (χ0) is 18.8. The molecule has 0 radical (unpaired) electrons. The van der Waals surface area contributed by atoms with E-state index >= 15 is 0 Å². The number of methoxy groups -OCH3 is 1. The number of para-hydroxylation sites is 1. The summed E-state index contributed by atoms with van der Waals surface area (Å²) in [7, 11) is 1.70. The molecule has 3 aromatic rings. The maximum atomic E-state index is 11.8. The molecule has 0 amide bonds. The maximum absolute atomic E-state index is 11.8. The van der Waals surface area contributed by atoms with E-state index in [4.69, 9.17) is 9.72 Å². The van der Waals surface area contributed by atoms with Crippen molar-refractivity contribution in [3.05, 3.63) is 58.6 Å². The maximum Gasteiger partial charge on any atom is 0.159 e. The number of nitrogens with zero attached hydrogens (tertiary/aromatic N) is 1. The van der Waals surface area contributed by atoms with E-state index in [1.54, 1.807) is 14.0 Å². The Hall–Kier alpha value is -2.24. The second-order valence-electron chi connectivity index (χ2n) is 7.32. The molecule has 2 atom stereocenters. The largest absolute Gasteiger partial charge is 0.496 e. The van der Waals surface area contributed by atoms with Crippen molar-refractivity contribution < 1.29 is 14.4 Å². The highest BCUT2D eigenvalue weighted by Gasteiger charge is 2.27. The minimum atomic E-state index is 0.0971. The summed E-state index contributed by atoms with van der Waals surface area (Å²) in [5.74, 6) is 1.47. The lowest BCUT2D eigenvalue weighted by Crippen LogP contribution is -3.12. The Bertz CT molecular complexity index is 933. The van der Waals surface area contributed by atoms with Gasteiger partial charge in [-0.15, -0.1) is 11.3 Å². The van der Waals surface area contributed by atoms with Gasteiger partial charge in [0.05, 0.1) is 36.3 Å². The van der Waals surface area contributed by atoms with Crippen LogP contribution in [0.1, 0.15) is 46.6 Å². The highest BCUT2D eigenvalue weighted by molar-refractivity contribution is 7.18. The summed E-state index contributed by atoms with van der Waals surface area (Å²) < 4.78 is 6.81. The fourth-order valence-electron chi connectivity index (χ4n) is 3.99. The molecule has 1 aliphatic heterocycles. The van der Waals surface area contributed by atoms with Crippen molar-refractivity contribution in [3.63, 3.8) is 0 Å². The van der Waals surface area contributed by atoms with Gasteiger partial charge in [-0.2, -0.15) is 0 Å². The van der Waals surface area contributed by atoms with E-state index in [9.17, 15) is 4.79 Å². The molecule has 1 saturated heterocycles.